The molecule has 2 aliphatic rings. The summed E-state index contributed by atoms with van der Waals surface area (Å²) in [5.74, 6) is 1.28. The van der Waals surface area contributed by atoms with Gasteiger partial charge in [0.05, 0.1) is 7.11 Å². The molecule has 1 N–H and O–H groups in total. The summed E-state index contributed by atoms with van der Waals surface area (Å²) in [5, 5.41) is 10.2. The number of hydrogen-bond acceptors (Lipinski definition) is 4. The lowest BCUT2D eigenvalue weighted by Crippen LogP contribution is -2.44. The van der Waals surface area contributed by atoms with Gasteiger partial charge >= 0.3 is 0 Å². The average molecular weight is 332 g/mol. The Hall–Kier alpha value is -1.75. The number of carbonyl (C=O) groups is 1. The first kappa shape index (κ1) is 17.1. The van der Waals surface area contributed by atoms with Gasteiger partial charge in [0, 0.05) is 31.1 Å². The van der Waals surface area contributed by atoms with E-state index in [0.717, 1.165) is 57.4 Å². The van der Waals surface area contributed by atoms with Gasteiger partial charge in [0.2, 0.25) is 5.91 Å². The highest BCUT2D eigenvalue weighted by Crippen LogP contribution is 2.31. The van der Waals surface area contributed by atoms with Gasteiger partial charge < -0.3 is 14.7 Å². The van der Waals surface area contributed by atoms with Crippen LogP contribution in [-0.2, 0) is 11.3 Å². The summed E-state index contributed by atoms with van der Waals surface area (Å²) in [6.07, 6.45) is 5.39. The number of phenols is 1. The smallest absolute Gasteiger partial charge is 0.225 e. The number of likely N-dealkylation sites (tertiary alicyclic amines) is 2. The molecule has 3 rings (SSSR count). The van der Waals surface area contributed by atoms with E-state index < -0.39 is 0 Å². The van der Waals surface area contributed by atoms with Gasteiger partial charge in [-0.2, -0.15) is 0 Å². The van der Waals surface area contributed by atoms with Gasteiger partial charge in [-0.05, 0) is 51.3 Å². The molecule has 0 aromatic heterocycles. The van der Waals surface area contributed by atoms with Crippen molar-refractivity contribution in [3.05, 3.63) is 23.8 Å². The summed E-state index contributed by atoms with van der Waals surface area (Å²) < 4.78 is 5.17. The first-order valence-corrected chi connectivity index (χ1v) is 9.05. The van der Waals surface area contributed by atoms with Crippen LogP contribution >= 0.6 is 0 Å². The second-order valence-electron chi connectivity index (χ2n) is 6.90. The van der Waals surface area contributed by atoms with Gasteiger partial charge in [-0.15, -0.1) is 0 Å². The summed E-state index contributed by atoms with van der Waals surface area (Å²) in [6.45, 7) is 4.39. The lowest BCUT2D eigenvalue weighted by molar-refractivity contribution is -0.138. The van der Waals surface area contributed by atoms with Gasteiger partial charge in [-0.1, -0.05) is 12.1 Å². The van der Waals surface area contributed by atoms with Gasteiger partial charge in [-0.25, -0.2) is 0 Å². The third-order valence-corrected chi connectivity index (χ3v) is 5.30. The van der Waals surface area contributed by atoms with E-state index >= 15 is 0 Å². The number of carbonyl (C=O) groups excluding carboxylic acids is 1. The molecule has 0 spiro atoms. The van der Waals surface area contributed by atoms with E-state index in [4.69, 9.17) is 4.74 Å². The maximum Gasteiger partial charge on any atom is 0.225 e. The van der Waals surface area contributed by atoms with Crippen LogP contribution in [0, 0.1) is 5.92 Å². The predicted molar refractivity (Wildman–Crippen MR) is 93.1 cm³/mol. The Morgan fingerprint density at radius 1 is 1.17 bits per heavy atom. The molecule has 0 unspecified atom stereocenters. The van der Waals surface area contributed by atoms with E-state index in [-0.39, 0.29) is 11.7 Å². The van der Waals surface area contributed by atoms with Crippen molar-refractivity contribution in [2.75, 3.05) is 33.3 Å². The molecule has 5 heteroatoms. The molecule has 1 amide bonds. The van der Waals surface area contributed by atoms with Crippen molar-refractivity contribution in [2.45, 2.75) is 38.6 Å². The van der Waals surface area contributed by atoms with Crippen molar-refractivity contribution in [3.63, 3.8) is 0 Å². The summed E-state index contributed by atoms with van der Waals surface area (Å²) in [5.41, 5.74) is 0.884. The summed E-state index contributed by atoms with van der Waals surface area (Å²) in [4.78, 5) is 17.0. The predicted octanol–water partition coefficient (Wildman–Crippen LogP) is 2.63. The highest BCUT2D eigenvalue weighted by Gasteiger charge is 2.29. The van der Waals surface area contributed by atoms with Gasteiger partial charge in [0.25, 0.3) is 0 Å². The van der Waals surface area contributed by atoms with E-state index in [1.807, 2.05) is 12.1 Å². The maximum atomic E-state index is 12.6. The maximum absolute atomic E-state index is 12.6. The van der Waals surface area contributed by atoms with Gasteiger partial charge in [-0.3, -0.25) is 9.69 Å². The number of methoxy groups -OCH3 is 1. The van der Waals surface area contributed by atoms with Crippen molar-refractivity contribution >= 4 is 5.91 Å². The van der Waals surface area contributed by atoms with E-state index in [2.05, 4.69) is 9.80 Å². The SMILES string of the molecule is COc1cccc(CN2CCC(C(=O)N3CCCCC3)CC2)c1O. The number of ether oxygens (including phenoxy) is 1. The van der Waals surface area contributed by atoms with Crippen molar-refractivity contribution in [2.24, 2.45) is 5.92 Å². The summed E-state index contributed by atoms with van der Waals surface area (Å²) >= 11 is 0. The molecule has 5 nitrogen and oxygen atoms in total. The highest BCUT2D eigenvalue weighted by molar-refractivity contribution is 5.79. The zero-order valence-corrected chi connectivity index (χ0v) is 14.5. The number of para-hydroxylation sites is 1. The fraction of sp³-hybridized carbons (Fsp3) is 0.632. The first-order valence-electron chi connectivity index (χ1n) is 9.05. The van der Waals surface area contributed by atoms with Gasteiger partial charge in [0.15, 0.2) is 11.5 Å². The Bertz CT molecular complexity index is 562. The molecule has 1 aromatic carbocycles. The normalized spacial score (nSPS) is 20.1. The summed E-state index contributed by atoms with van der Waals surface area (Å²) in [7, 11) is 1.57. The molecular formula is C19H28N2O3. The topological polar surface area (TPSA) is 53.0 Å². The van der Waals surface area contributed by atoms with Gasteiger partial charge in [0.1, 0.15) is 0 Å². The molecule has 0 saturated carbocycles. The molecule has 132 valence electrons. The Balaban J connectivity index is 1.53. The van der Waals surface area contributed by atoms with Crippen LogP contribution in [0.15, 0.2) is 18.2 Å². The van der Waals surface area contributed by atoms with Crippen molar-refractivity contribution in [1.29, 1.82) is 0 Å². The molecule has 0 radical (unpaired) electrons. The fourth-order valence-corrected chi connectivity index (χ4v) is 3.81. The largest absolute Gasteiger partial charge is 0.504 e. The summed E-state index contributed by atoms with van der Waals surface area (Å²) in [6, 6.07) is 5.60. The third kappa shape index (κ3) is 3.83. The zero-order chi connectivity index (χ0) is 16.9. The standard InChI is InChI=1S/C19H28N2O3/c1-24-17-7-5-6-16(18(17)22)14-20-12-8-15(9-13-20)19(23)21-10-3-2-4-11-21/h5-7,15,22H,2-4,8-14H2,1H3. The minimum atomic E-state index is 0.179. The van der Waals surface area contributed by atoms with E-state index in [1.54, 1.807) is 13.2 Å². The Morgan fingerprint density at radius 3 is 2.54 bits per heavy atom. The number of aromatic hydroxyl groups is 1. The number of amides is 1. The van der Waals surface area contributed by atoms with Crippen LogP contribution in [0.2, 0.25) is 0 Å². The van der Waals surface area contributed by atoms with Crippen molar-refractivity contribution in [3.8, 4) is 11.5 Å². The number of rotatable bonds is 4. The van der Waals surface area contributed by atoms with Crippen LogP contribution in [0.3, 0.4) is 0 Å². The average Bonchev–Trinajstić information content (AvgIpc) is 2.64. The molecule has 2 fully saturated rings. The number of phenolic OH excluding ortho intramolecular Hbond substituents is 1. The lowest BCUT2D eigenvalue weighted by atomic mass is 9.94. The van der Waals surface area contributed by atoms with Crippen LogP contribution in [-0.4, -0.2) is 54.1 Å². The minimum Gasteiger partial charge on any atom is -0.504 e. The van der Waals surface area contributed by atoms with E-state index in [0.29, 0.717) is 18.2 Å². The van der Waals surface area contributed by atoms with Crippen LogP contribution in [0.4, 0.5) is 0 Å². The Morgan fingerprint density at radius 2 is 1.88 bits per heavy atom. The third-order valence-electron chi connectivity index (χ3n) is 5.30. The zero-order valence-electron chi connectivity index (χ0n) is 14.5. The number of piperidine rings is 2. The number of hydrogen-bond donors (Lipinski definition) is 1. The van der Waals surface area contributed by atoms with Crippen LogP contribution in [0.5, 0.6) is 11.5 Å². The molecule has 2 saturated heterocycles. The lowest BCUT2D eigenvalue weighted by Gasteiger charge is -2.35. The minimum absolute atomic E-state index is 0.179. The van der Waals surface area contributed by atoms with Crippen LogP contribution in [0.25, 0.3) is 0 Å². The molecule has 0 bridgehead atoms. The molecule has 2 aliphatic heterocycles. The van der Waals surface area contributed by atoms with Crippen LogP contribution < -0.4 is 4.74 Å². The second-order valence-corrected chi connectivity index (χ2v) is 6.90. The molecule has 24 heavy (non-hydrogen) atoms. The Labute approximate surface area is 144 Å². The Kier molecular flexibility index (Phi) is 5.61. The number of nitrogens with zero attached hydrogens (tertiary/aromatic N) is 2. The molecule has 2 heterocycles. The quantitative estimate of drug-likeness (QED) is 0.921. The molecule has 0 atom stereocenters. The fourth-order valence-electron chi connectivity index (χ4n) is 3.81. The van der Waals surface area contributed by atoms with E-state index in [1.165, 1.54) is 6.42 Å². The number of benzene rings is 1. The highest BCUT2D eigenvalue weighted by atomic mass is 16.5. The first-order chi connectivity index (χ1) is 11.7. The monoisotopic (exact) mass is 332 g/mol. The van der Waals surface area contributed by atoms with Crippen LogP contribution in [0.1, 0.15) is 37.7 Å². The van der Waals surface area contributed by atoms with E-state index in [9.17, 15) is 9.90 Å². The molecule has 1 aromatic rings. The van der Waals surface area contributed by atoms with Crippen molar-refractivity contribution < 1.29 is 14.6 Å². The van der Waals surface area contributed by atoms with Crippen molar-refractivity contribution in [1.82, 2.24) is 9.80 Å². The molecular weight excluding hydrogens is 304 g/mol. The molecule has 0 aliphatic carbocycles. The second kappa shape index (κ2) is 7.88.